The Hall–Kier alpha value is -2.79. The lowest BCUT2D eigenvalue weighted by Crippen LogP contribution is -2.45. The molecule has 0 aliphatic carbocycles. The van der Waals surface area contributed by atoms with Crippen molar-refractivity contribution in [2.24, 2.45) is 0 Å². The van der Waals surface area contributed by atoms with E-state index in [1.165, 1.54) is 0 Å². The van der Waals surface area contributed by atoms with Crippen molar-refractivity contribution >= 4 is 23.6 Å². The van der Waals surface area contributed by atoms with Crippen LogP contribution in [0.3, 0.4) is 0 Å². The maximum atomic E-state index is 12.7. The quantitative estimate of drug-likeness (QED) is 0.787. The summed E-state index contributed by atoms with van der Waals surface area (Å²) < 4.78 is 5.45. The normalized spacial score (nSPS) is 16.7. The van der Waals surface area contributed by atoms with Gasteiger partial charge in [0.05, 0.1) is 18.2 Å². The average Bonchev–Trinajstić information content (AvgIpc) is 2.62. The fourth-order valence-electron chi connectivity index (χ4n) is 2.88. The largest absolute Gasteiger partial charge is 0.462 e. The number of halogens is 1. The maximum absolute atomic E-state index is 12.7. The zero-order valence-corrected chi connectivity index (χ0v) is 15.0. The fourth-order valence-corrected chi connectivity index (χ4v) is 3.08. The van der Waals surface area contributed by atoms with Gasteiger partial charge >= 0.3 is 12.0 Å². The molecule has 0 unspecified atom stereocenters. The molecule has 3 rings (SSSR count). The monoisotopic (exact) mass is 370 g/mol. The summed E-state index contributed by atoms with van der Waals surface area (Å²) >= 11 is 6.06. The molecule has 1 atom stereocenters. The molecule has 2 aromatic rings. The molecule has 5 nitrogen and oxygen atoms in total. The minimum atomic E-state index is -0.605. The highest BCUT2D eigenvalue weighted by molar-refractivity contribution is 6.30. The Morgan fingerprint density at radius 2 is 1.92 bits per heavy atom. The molecule has 26 heavy (non-hydrogen) atoms. The van der Waals surface area contributed by atoms with Crippen LogP contribution in [0, 0.1) is 0 Å². The molecule has 0 saturated heterocycles. The van der Waals surface area contributed by atoms with Gasteiger partial charge in [-0.15, -0.1) is 0 Å². The average molecular weight is 371 g/mol. The molecule has 2 N–H and O–H groups in total. The van der Waals surface area contributed by atoms with Crippen molar-refractivity contribution in [3.63, 3.8) is 0 Å². The third-order valence-corrected chi connectivity index (χ3v) is 4.37. The summed E-state index contributed by atoms with van der Waals surface area (Å²) in [6.45, 7) is 1.94. The zero-order valence-electron chi connectivity index (χ0n) is 14.3. The Bertz CT molecular complexity index is 849. The molecular weight excluding hydrogens is 352 g/mol. The molecular formula is C20H19ClN2O3. The van der Waals surface area contributed by atoms with Gasteiger partial charge in [-0.05, 0) is 30.2 Å². The minimum Gasteiger partial charge on any atom is -0.462 e. The Kier molecular flexibility index (Phi) is 5.58. The SMILES string of the molecule is CC1=C(C(=O)OCCc2ccccc2)[C@H](c2cccc(Cl)c2)NC(=O)N1. The number of allylic oxidation sites excluding steroid dienone is 1. The van der Waals surface area contributed by atoms with Crippen LogP contribution in [-0.4, -0.2) is 18.6 Å². The molecule has 0 saturated carbocycles. The second-order valence-electron chi connectivity index (χ2n) is 6.00. The smallest absolute Gasteiger partial charge is 0.338 e. The van der Waals surface area contributed by atoms with Crippen LogP contribution in [0.15, 0.2) is 65.9 Å². The van der Waals surface area contributed by atoms with Crippen LogP contribution in [-0.2, 0) is 16.0 Å². The highest BCUT2D eigenvalue weighted by Gasteiger charge is 2.32. The van der Waals surface area contributed by atoms with Crippen molar-refractivity contribution in [1.29, 1.82) is 0 Å². The summed E-state index contributed by atoms with van der Waals surface area (Å²) in [4.78, 5) is 24.5. The van der Waals surface area contributed by atoms with E-state index in [9.17, 15) is 9.59 Å². The number of ether oxygens (including phenoxy) is 1. The van der Waals surface area contributed by atoms with Crippen molar-refractivity contribution in [3.05, 3.63) is 82.0 Å². The second-order valence-corrected chi connectivity index (χ2v) is 6.43. The van der Waals surface area contributed by atoms with Gasteiger partial charge in [0.15, 0.2) is 0 Å². The van der Waals surface area contributed by atoms with Gasteiger partial charge in [0.1, 0.15) is 0 Å². The number of hydrogen-bond acceptors (Lipinski definition) is 3. The fraction of sp³-hybridized carbons (Fsp3) is 0.200. The lowest BCUT2D eigenvalue weighted by atomic mass is 9.95. The van der Waals surface area contributed by atoms with E-state index in [2.05, 4.69) is 10.6 Å². The van der Waals surface area contributed by atoms with Crippen LogP contribution in [0.4, 0.5) is 4.79 Å². The molecule has 1 aliphatic rings. The minimum absolute atomic E-state index is 0.260. The van der Waals surface area contributed by atoms with Crippen LogP contribution in [0.5, 0.6) is 0 Å². The van der Waals surface area contributed by atoms with Crippen LogP contribution in [0.2, 0.25) is 5.02 Å². The molecule has 0 bridgehead atoms. The molecule has 2 aromatic carbocycles. The predicted octanol–water partition coefficient (Wildman–Crippen LogP) is 3.75. The summed E-state index contributed by atoms with van der Waals surface area (Å²) in [5.41, 5.74) is 2.66. The number of nitrogens with one attached hydrogen (secondary N) is 2. The first kappa shape index (κ1) is 18.0. The van der Waals surface area contributed by atoms with E-state index in [1.807, 2.05) is 36.4 Å². The first-order chi connectivity index (χ1) is 12.5. The lowest BCUT2D eigenvalue weighted by Gasteiger charge is -2.28. The molecule has 6 heteroatoms. The molecule has 1 aliphatic heterocycles. The zero-order chi connectivity index (χ0) is 18.5. The van der Waals surface area contributed by atoms with Gasteiger partial charge in [-0.25, -0.2) is 9.59 Å². The van der Waals surface area contributed by atoms with Crippen molar-refractivity contribution < 1.29 is 14.3 Å². The van der Waals surface area contributed by atoms with Crippen molar-refractivity contribution in [3.8, 4) is 0 Å². The number of carbonyl (C=O) groups excluding carboxylic acids is 2. The number of amides is 2. The van der Waals surface area contributed by atoms with Gasteiger partial charge in [-0.3, -0.25) is 0 Å². The highest BCUT2D eigenvalue weighted by atomic mass is 35.5. The summed E-state index contributed by atoms with van der Waals surface area (Å²) in [7, 11) is 0. The Morgan fingerprint density at radius 1 is 1.15 bits per heavy atom. The van der Waals surface area contributed by atoms with E-state index in [0.29, 0.717) is 22.7 Å². The molecule has 2 amide bonds. The summed E-state index contributed by atoms with van der Waals surface area (Å²) in [6, 6.07) is 15.9. The number of rotatable bonds is 5. The van der Waals surface area contributed by atoms with Gasteiger partial charge < -0.3 is 15.4 Å². The second kappa shape index (κ2) is 8.06. The number of hydrogen-bond donors (Lipinski definition) is 2. The van der Waals surface area contributed by atoms with Crippen LogP contribution in [0.25, 0.3) is 0 Å². The van der Waals surface area contributed by atoms with Gasteiger partial charge in [0.25, 0.3) is 0 Å². The summed E-state index contributed by atoms with van der Waals surface area (Å²) in [6.07, 6.45) is 0.626. The number of carbonyl (C=O) groups is 2. The Labute approximate surface area is 157 Å². The number of urea groups is 1. The van der Waals surface area contributed by atoms with Crippen LogP contribution < -0.4 is 10.6 Å². The standard InChI is InChI=1S/C20H19ClN2O3/c1-13-17(19(24)26-11-10-14-6-3-2-4-7-14)18(23-20(25)22-13)15-8-5-9-16(21)12-15/h2-9,12,18H,10-11H2,1H3,(H2,22,23,25)/t18-/m0/s1. The first-order valence-corrected chi connectivity index (χ1v) is 8.67. The first-order valence-electron chi connectivity index (χ1n) is 8.29. The van der Waals surface area contributed by atoms with E-state index < -0.39 is 12.0 Å². The van der Waals surface area contributed by atoms with Crippen LogP contribution >= 0.6 is 11.6 Å². The van der Waals surface area contributed by atoms with E-state index in [-0.39, 0.29) is 12.6 Å². The van der Waals surface area contributed by atoms with Gasteiger partial charge in [0, 0.05) is 17.1 Å². The Morgan fingerprint density at radius 3 is 2.65 bits per heavy atom. The topological polar surface area (TPSA) is 67.4 Å². The Balaban J connectivity index is 1.76. The molecule has 134 valence electrons. The van der Waals surface area contributed by atoms with E-state index in [4.69, 9.17) is 16.3 Å². The maximum Gasteiger partial charge on any atom is 0.338 e. The molecule has 1 heterocycles. The third kappa shape index (κ3) is 4.24. The van der Waals surface area contributed by atoms with E-state index in [0.717, 1.165) is 11.1 Å². The highest BCUT2D eigenvalue weighted by Crippen LogP contribution is 2.29. The predicted molar refractivity (Wildman–Crippen MR) is 99.7 cm³/mol. The van der Waals surface area contributed by atoms with Crippen molar-refractivity contribution in [2.75, 3.05) is 6.61 Å². The summed E-state index contributed by atoms with van der Waals surface area (Å²) in [5.74, 6) is -0.462. The third-order valence-electron chi connectivity index (χ3n) is 4.14. The van der Waals surface area contributed by atoms with Gasteiger partial charge in [-0.2, -0.15) is 0 Å². The van der Waals surface area contributed by atoms with Crippen molar-refractivity contribution in [2.45, 2.75) is 19.4 Å². The number of esters is 1. The van der Waals surface area contributed by atoms with Crippen molar-refractivity contribution in [1.82, 2.24) is 10.6 Å². The molecule has 0 fully saturated rings. The summed E-state index contributed by atoms with van der Waals surface area (Å²) in [5, 5.41) is 5.92. The molecule has 0 aromatic heterocycles. The lowest BCUT2D eigenvalue weighted by molar-refractivity contribution is -0.139. The van der Waals surface area contributed by atoms with Gasteiger partial charge in [-0.1, -0.05) is 54.1 Å². The van der Waals surface area contributed by atoms with Crippen LogP contribution in [0.1, 0.15) is 24.1 Å². The molecule has 0 radical (unpaired) electrons. The number of benzene rings is 2. The van der Waals surface area contributed by atoms with Gasteiger partial charge in [0.2, 0.25) is 0 Å². The van der Waals surface area contributed by atoms with E-state index in [1.54, 1.807) is 25.1 Å². The molecule has 0 spiro atoms. The van der Waals surface area contributed by atoms with E-state index >= 15 is 0 Å².